The van der Waals surface area contributed by atoms with Crippen LogP contribution in [-0.2, 0) is 4.79 Å². The summed E-state index contributed by atoms with van der Waals surface area (Å²) in [5.41, 5.74) is 2.12. The lowest BCUT2D eigenvalue weighted by Gasteiger charge is -2.21. The van der Waals surface area contributed by atoms with Gasteiger partial charge in [0.05, 0.1) is 17.8 Å². The number of pyridine rings is 1. The van der Waals surface area contributed by atoms with Crippen LogP contribution < -0.4 is 15.5 Å². The second kappa shape index (κ2) is 9.25. The van der Waals surface area contributed by atoms with Crippen molar-refractivity contribution in [1.29, 1.82) is 0 Å². The Kier molecular flexibility index (Phi) is 6.40. The standard InChI is InChI=1S/C24H28F2N6O/c1-13-18(6-5-7-19(13)23(25)26)14(2)28-24-20-10-22(27-11-21(20)29-15(3)30-24)32-9-8-17(12-32)31-16(4)33/h5-7,10-11,14,17,23H,8-9,12H2,1-4H3,(H,31,33)(H,28,29,30)/t14-,17-/m1/s1. The van der Waals surface area contributed by atoms with Crippen molar-refractivity contribution in [1.82, 2.24) is 20.3 Å². The molecule has 7 nitrogen and oxygen atoms in total. The van der Waals surface area contributed by atoms with Crippen molar-refractivity contribution in [3.8, 4) is 0 Å². The summed E-state index contributed by atoms with van der Waals surface area (Å²) in [6, 6.07) is 6.77. The number of anilines is 2. The molecule has 0 bridgehead atoms. The Balaban J connectivity index is 1.64. The summed E-state index contributed by atoms with van der Waals surface area (Å²) in [7, 11) is 0. The summed E-state index contributed by atoms with van der Waals surface area (Å²) in [6.45, 7) is 8.46. The van der Waals surface area contributed by atoms with Gasteiger partial charge in [-0.05, 0) is 44.4 Å². The number of fused-ring (bicyclic) bond motifs is 1. The number of halogens is 2. The highest BCUT2D eigenvalue weighted by Crippen LogP contribution is 2.32. The number of benzene rings is 1. The Hall–Kier alpha value is -3.36. The third-order valence-corrected chi connectivity index (χ3v) is 6.07. The lowest BCUT2D eigenvalue weighted by atomic mass is 9.97. The van der Waals surface area contributed by atoms with E-state index in [1.54, 1.807) is 19.2 Å². The number of aryl methyl sites for hydroxylation is 1. The molecule has 0 spiro atoms. The van der Waals surface area contributed by atoms with Gasteiger partial charge < -0.3 is 15.5 Å². The van der Waals surface area contributed by atoms with Crippen LogP contribution in [0.1, 0.15) is 55.3 Å². The molecule has 1 saturated heterocycles. The monoisotopic (exact) mass is 454 g/mol. The first-order valence-electron chi connectivity index (χ1n) is 11.0. The molecule has 2 atom stereocenters. The van der Waals surface area contributed by atoms with Crippen LogP contribution in [0.25, 0.3) is 10.9 Å². The number of alkyl halides is 2. The van der Waals surface area contributed by atoms with Gasteiger partial charge >= 0.3 is 0 Å². The average molecular weight is 455 g/mol. The van der Waals surface area contributed by atoms with Crippen molar-refractivity contribution >= 4 is 28.4 Å². The normalized spacial score (nSPS) is 16.9. The topological polar surface area (TPSA) is 83.0 Å². The Labute approximate surface area is 191 Å². The van der Waals surface area contributed by atoms with Crippen LogP contribution in [0, 0.1) is 13.8 Å². The van der Waals surface area contributed by atoms with Crippen LogP contribution >= 0.6 is 0 Å². The quantitative estimate of drug-likeness (QED) is 0.572. The fourth-order valence-electron chi connectivity index (χ4n) is 4.45. The predicted octanol–water partition coefficient (Wildman–Crippen LogP) is 4.47. The number of aromatic nitrogens is 3. The fraction of sp³-hybridized carbons (Fsp3) is 0.417. The second-order valence-corrected chi connectivity index (χ2v) is 8.54. The summed E-state index contributed by atoms with van der Waals surface area (Å²) < 4.78 is 26.7. The van der Waals surface area contributed by atoms with E-state index in [0.717, 1.165) is 29.7 Å². The molecule has 0 saturated carbocycles. The number of carbonyl (C=O) groups excluding carboxylic acids is 1. The lowest BCUT2D eigenvalue weighted by Crippen LogP contribution is -2.35. The summed E-state index contributed by atoms with van der Waals surface area (Å²) in [6.07, 6.45) is 0.0597. The van der Waals surface area contributed by atoms with Gasteiger partial charge in [-0.15, -0.1) is 0 Å². The lowest BCUT2D eigenvalue weighted by molar-refractivity contribution is -0.119. The number of carbonyl (C=O) groups is 1. The van der Waals surface area contributed by atoms with Crippen LogP contribution in [-0.4, -0.2) is 40.0 Å². The first-order valence-corrected chi connectivity index (χ1v) is 11.0. The summed E-state index contributed by atoms with van der Waals surface area (Å²) >= 11 is 0. The summed E-state index contributed by atoms with van der Waals surface area (Å²) in [5.74, 6) is 1.98. The molecule has 3 aromatic rings. The van der Waals surface area contributed by atoms with Crippen molar-refractivity contribution in [2.24, 2.45) is 0 Å². The number of nitrogens with one attached hydrogen (secondary N) is 2. The van der Waals surface area contributed by atoms with E-state index in [1.165, 1.54) is 13.0 Å². The van der Waals surface area contributed by atoms with Gasteiger partial charge in [0.2, 0.25) is 5.91 Å². The molecular weight excluding hydrogens is 426 g/mol. The van der Waals surface area contributed by atoms with Crippen LogP contribution in [0.4, 0.5) is 20.4 Å². The zero-order valence-corrected chi connectivity index (χ0v) is 19.2. The molecule has 0 aliphatic carbocycles. The van der Waals surface area contributed by atoms with Gasteiger partial charge in [0, 0.05) is 37.0 Å². The minimum Gasteiger partial charge on any atom is -0.363 e. The van der Waals surface area contributed by atoms with E-state index in [2.05, 4.69) is 30.5 Å². The minimum absolute atomic E-state index is 0.0381. The largest absolute Gasteiger partial charge is 0.363 e. The predicted molar refractivity (Wildman–Crippen MR) is 125 cm³/mol. The molecule has 1 fully saturated rings. The van der Waals surface area contributed by atoms with E-state index in [0.29, 0.717) is 29.3 Å². The zero-order chi connectivity index (χ0) is 23.7. The van der Waals surface area contributed by atoms with E-state index >= 15 is 0 Å². The van der Waals surface area contributed by atoms with Crippen LogP contribution in [0.2, 0.25) is 0 Å². The molecule has 1 amide bonds. The molecule has 2 aromatic heterocycles. The van der Waals surface area contributed by atoms with Crippen LogP contribution in [0.3, 0.4) is 0 Å². The van der Waals surface area contributed by atoms with Gasteiger partial charge in [-0.2, -0.15) is 0 Å². The van der Waals surface area contributed by atoms with Gasteiger partial charge in [0.25, 0.3) is 6.43 Å². The number of rotatable bonds is 6. The number of hydrogen-bond acceptors (Lipinski definition) is 6. The van der Waals surface area contributed by atoms with Crippen molar-refractivity contribution in [2.75, 3.05) is 23.3 Å². The fourth-order valence-corrected chi connectivity index (χ4v) is 4.45. The number of hydrogen-bond donors (Lipinski definition) is 2. The maximum Gasteiger partial charge on any atom is 0.264 e. The maximum absolute atomic E-state index is 13.4. The molecule has 1 aromatic carbocycles. The molecule has 174 valence electrons. The highest BCUT2D eigenvalue weighted by Gasteiger charge is 2.25. The SMILES string of the molecule is CC(=O)N[C@@H]1CCN(c2cc3c(N[C@H](C)c4cccc(C(F)F)c4C)nc(C)nc3cn2)C1. The zero-order valence-electron chi connectivity index (χ0n) is 19.2. The molecule has 9 heteroatoms. The molecule has 4 rings (SSSR count). The van der Waals surface area contributed by atoms with E-state index in [1.807, 2.05) is 26.0 Å². The highest BCUT2D eigenvalue weighted by molar-refractivity contribution is 5.90. The van der Waals surface area contributed by atoms with E-state index in [-0.39, 0.29) is 23.6 Å². The smallest absolute Gasteiger partial charge is 0.264 e. The van der Waals surface area contributed by atoms with Gasteiger partial charge in [-0.3, -0.25) is 4.79 Å². The Morgan fingerprint density at radius 2 is 1.97 bits per heavy atom. The second-order valence-electron chi connectivity index (χ2n) is 8.54. The summed E-state index contributed by atoms with van der Waals surface area (Å²) in [4.78, 5) is 27.2. The van der Waals surface area contributed by atoms with Crippen molar-refractivity contribution in [2.45, 2.75) is 52.6 Å². The van der Waals surface area contributed by atoms with Crippen LogP contribution in [0.5, 0.6) is 0 Å². The van der Waals surface area contributed by atoms with Crippen molar-refractivity contribution in [3.05, 3.63) is 53.0 Å². The van der Waals surface area contributed by atoms with E-state index in [4.69, 9.17) is 0 Å². The van der Waals surface area contributed by atoms with Gasteiger partial charge in [-0.25, -0.2) is 23.7 Å². The summed E-state index contributed by atoms with van der Waals surface area (Å²) in [5, 5.41) is 7.17. The molecule has 1 aliphatic rings. The van der Waals surface area contributed by atoms with Gasteiger partial charge in [0.1, 0.15) is 17.5 Å². The van der Waals surface area contributed by atoms with Crippen molar-refractivity contribution < 1.29 is 13.6 Å². The molecule has 0 unspecified atom stereocenters. The average Bonchev–Trinajstić information content (AvgIpc) is 3.21. The molecule has 3 heterocycles. The van der Waals surface area contributed by atoms with Gasteiger partial charge in [-0.1, -0.05) is 18.2 Å². The molecular formula is C24H28F2N6O. The molecule has 2 N–H and O–H groups in total. The van der Waals surface area contributed by atoms with Gasteiger partial charge in [0.15, 0.2) is 0 Å². The minimum atomic E-state index is -2.52. The Morgan fingerprint density at radius 3 is 2.70 bits per heavy atom. The Morgan fingerprint density at radius 1 is 1.21 bits per heavy atom. The molecule has 0 radical (unpaired) electrons. The maximum atomic E-state index is 13.4. The third-order valence-electron chi connectivity index (χ3n) is 6.07. The highest BCUT2D eigenvalue weighted by atomic mass is 19.3. The van der Waals surface area contributed by atoms with E-state index < -0.39 is 6.43 Å². The molecule has 1 aliphatic heterocycles. The third kappa shape index (κ3) is 4.86. The number of nitrogens with zero attached hydrogens (tertiary/aromatic N) is 4. The molecule has 33 heavy (non-hydrogen) atoms. The van der Waals surface area contributed by atoms with Crippen LogP contribution in [0.15, 0.2) is 30.5 Å². The van der Waals surface area contributed by atoms with E-state index in [9.17, 15) is 13.6 Å². The first kappa shape index (κ1) is 22.8. The first-order chi connectivity index (χ1) is 15.7. The van der Waals surface area contributed by atoms with Crippen molar-refractivity contribution in [3.63, 3.8) is 0 Å². The number of amides is 1. The Bertz CT molecular complexity index is 1190.